The van der Waals surface area contributed by atoms with Crippen LogP contribution in [0.15, 0.2) is 9.81 Å². The Kier molecular flexibility index (Phi) is 2.68. The van der Waals surface area contributed by atoms with Gasteiger partial charge >= 0.3 is 5.97 Å². The van der Waals surface area contributed by atoms with E-state index in [1.807, 2.05) is 0 Å². The van der Waals surface area contributed by atoms with Gasteiger partial charge in [0, 0.05) is 10.7 Å². The van der Waals surface area contributed by atoms with Gasteiger partial charge in [0.25, 0.3) is 0 Å². The van der Waals surface area contributed by atoms with E-state index in [-0.39, 0.29) is 5.97 Å². The van der Waals surface area contributed by atoms with Crippen molar-refractivity contribution in [3.8, 4) is 0 Å². The molecular weight excluding hydrogens is 168 g/mol. The van der Waals surface area contributed by atoms with Crippen LogP contribution in [0.2, 0.25) is 0 Å². The minimum Gasteiger partial charge on any atom is -0.465 e. The van der Waals surface area contributed by atoms with E-state index in [1.54, 1.807) is 0 Å². The van der Waals surface area contributed by atoms with E-state index in [2.05, 4.69) is 17.4 Å². The molecule has 56 valence electrons. The summed E-state index contributed by atoms with van der Waals surface area (Å²) in [6, 6.07) is 0. The van der Waals surface area contributed by atoms with Crippen molar-refractivity contribution in [3.05, 3.63) is 9.81 Å². The molecule has 1 aliphatic rings. The zero-order valence-electron chi connectivity index (χ0n) is 5.59. The predicted molar refractivity (Wildman–Crippen MR) is 45.1 cm³/mol. The smallest absolute Gasteiger partial charge is 0.345 e. The first-order valence-corrected chi connectivity index (χ1v) is 4.32. The molecule has 0 spiro atoms. The molecule has 0 aromatic rings. The second-order valence-electron chi connectivity index (χ2n) is 1.87. The van der Waals surface area contributed by atoms with Crippen LogP contribution in [0, 0.1) is 0 Å². The third-order valence-corrected chi connectivity index (χ3v) is 2.93. The van der Waals surface area contributed by atoms with E-state index >= 15 is 0 Å². The van der Waals surface area contributed by atoms with E-state index in [0.717, 1.165) is 17.1 Å². The molecule has 0 saturated carbocycles. The van der Waals surface area contributed by atoms with Crippen molar-refractivity contribution < 1.29 is 9.53 Å². The average molecular weight is 176 g/mol. The van der Waals surface area contributed by atoms with Gasteiger partial charge in [-0.1, -0.05) is 0 Å². The lowest BCUT2D eigenvalue weighted by atomic mass is 10.4. The summed E-state index contributed by atoms with van der Waals surface area (Å²) in [5, 5.41) is 0. The van der Waals surface area contributed by atoms with Crippen molar-refractivity contribution >= 4 is 30.4 Å². The number of esters is 1. The lowest BCUT2D eigenvalue weighted by Gasteiger charge is -1.97. The van der Waals surface area contributed by atoms with Gasteiger partial charge in [-0.15, -0.1) is 24.4 Å². The molecule has 0 aliphatic carbocycles. The molecule has 0 aromatic carbocycles. The van der Waals surface area contributed by atoms with E-state index in [4.69, 9.17) is 0 Å². The largest absolute Gasteiger partial charge is 0.465 e. The molecular formula is C6H8O2S2. The maximum atomic E-state index is 10.9. The van der Waals surface area contributed by atoms with Crippen molar-refractivity contribution in [1.29, 1.82) is 0 Å². The van der Waals surface area contributed by atoms with E-state index < -0.39 is 0 Å². The molecule has 0 radical (unpaired) electrons. The Morgan fingerprint density at radius 2 is 2.50 bits per heavy atom. The normalized spacial score (nSPS) is 17.8. The molecule has 1 aliphatic heterocycles. The zero-order valence-corrected chi connectivity index (χ0v) is 7.30. The summed E-state index contributed by atoms with van der Waals surface area (Å²) in [4.78, 5) is 12.4. The van der Waals surface area contributed by atoms with E-state index in [1.165, 1.54) is 18.9 Å². The number of rotatable bonds is 1. The van der Waals surface area contributed by atoms with Crippen molar-refractivity contribution in [2.75, 3.05) is 12.9 Å². The molecule has 0 amide bonds. The van der Waals surface area contributed by atoms with Crippen LogP contribution in [0.4, 0.5) is 0 Å². The van der Waals surface area contributed by atoms with Gasteiger partial charge in [0.15, 0.2) is 0 Å². The van der Waals surface area contributed by atoms with Crippen LogP contribution < -0.4 is 0 Å². The quantitative estimate of drug-likeness (QED) is 0.483. The first kappa shape index (κ1) is 8.01. The summed E-state index contributed by atoms with van der Waals surface area (Å²) in [5.74, 6) is 0.691. The monoisotopic (exact) mass is 176 g/mol. The predicted octanol–water partition coefficient (Wildman–Crippen LogP) is 1.44. The highest BCUT2D eigenvalue weighted by atomic mass is 32.2. The van der Waals surface area contributed by atoms with Gasteiger partial charge in [-0.05, 0) is 6.42 Å². The van der Waals surface area contributed by atoms with Crippen LogP contribution in [0.3, 0.4) is 0 Å². The van der Waals surface area contributed by atoms with Crippen molar-refractivity contribution in [2.45, 2.75) is 6.42 Å². The minimum atomic E-state index is -0.257. The topological polar surface area (TPSA) is 26.3 Å². The van der Waals surface area contributed by atoms with Crippen molar-refractivity contribution in [1.82, 2.24) is 0 Å². The molecule has 2 nitrogen and oxygen atoms in total. The molecule has 10 heavy (non-hydrogen) atoms. The fraction of sp³-hybridized carbons (Fsp3) is 0.500. The maximum absolute atomic E-state index is 10.9. The van der Waals surface area contributed by atoms with Crippen molar-refractivity contribution in [3.63, 3.8) is 0 Å². The molecule has 0 N–H and O–H groups in total. The highest BCUT2D eigenvalue weighted by molar-refractivity contribution is 8.05. The van der Waals surface area contributed by atoms with Gasteiger partial charge in [-0.3, -0.25) is 0 Å². The number of allylic oxidation sites excluding steroid dienone is 1. The van der Waals surface area contributed by atoms with Crippen LogP contribution in [0.25, 0.3) is 0 Å². The molecule has 0 bridgehead atoms. The Morgan fingerprint density at radius 1 is 1.80 bits per heavy atom. The number of carbonyl (C=O) groups is 1. The van der Waals surface area contributed by atoms with Gasteiger partial charge in [0.1, 0.15) is 4.91 Å². The van der Waals surface area contributed by atoms with Crippen molar-refractivity contribution in [2.24, 2.45) is 0 Å². The second kappa shape index (κ2) is 3.34. The Balaban J connectivity index is 2.71. The fourth-order valence-corrected chi connectivity index (χ4v) is 2.24. The number of thiol groups is 1. The van der Waals surface area contributed by atoms with Crippen LogP contribution in [-0.2, 0) is 9.53 Å². The highest BCUT2D eigenvalue weighted by Gasteiger charge is 2.19. The lowest BCUT2D eigenvalue weighted by Crippen LogP contribution is -2.00. The van der Waals surface area contributed by atoms with Gasteiger partial charge in [-0.2, -0.15) is 0 Å². The zero-order chi connectivity index (χ0) is 7.56. The lowest BCUT2D eigenvalue weighted by molar-refractivity contribution is -0.135. The third kappa shape index (κ3) is 1.49. The summed E-state index contributed by atoms with van der Waals surface area (Å²) < 4.78 is 4.54. The summed E-state index contributed by atoms with van der Waals surface area (Å²) in [5.41, 5.74) is 0. The third-order valence-electron chi connectivity index (χ3n) is 1.22. The SMILES string of the molecule is COC(=O)C1=C(S)CCS1. The molecule has 4 heteroatoms. The number of carbonyl (C=O) groups excluding carboxylic acids is 1. The van der Waals surface area contributed by atoms with E-state index in [0.29, 0.717) is 4.91 Å². The summed E-state index contributed by atoms with van der Waals surface area (Å²) >= 11 is 5.65. The molecule has 0 saturated heterocycles. The summed E-state index contributed by atoms with van der Waals surface area (Å²) in [7, 11) is 1.38. The Morgan fingerprint density at radius 3 is 2.90 bits per heavy atom. The molecule has 0 atom stereocenters. The average Bonchev–Trinajstić information content (AvgIpc) is 2.34. The number of thioether (sulfide) groups is 1. The molecule has 0 unspecified atom stereocenters. The number of hydrogen-bond acceptors (Lipinski definition) is 4. The van der Waals surface area contributed by atoms with E-state index in [9.17, 15) is 4.79 Å². The number of methoxy groups -OCH3 is 1. The summed E-state index contributed by atoms with van der Waals surface area (Å²) in [6.07, 6.45) is 0.887. The highest BCUT2D eigenvalue weighted by Crippen LogP contribution is 2.33. The maximum Gasteiger partial charge on any atom is 0.345 e. The number of ether oxygens (including phenoxy) is 1. The van der Waals surface area contributed by atoms with Gasteiger partial charge in [0.05, 0.1) is 7.11 Å². The Labute approximate surface area is 69.4 Å². The fourth-order valence-electron chi connectivity index (χ4n) is 0.716. The first-order valence-electron chi connectivity index (χ1n) is 2.89. The van der Waals surface area contributed by atoms with Crippen LogP contribution in [0.5, 0.6) is 0 Å². The van der Waals surface area contributed by atoms with Crippen LogP contribution in [0.1, 0.15) is 6.42 Å². The Hall–Kier alpha value is -0.0900. The molecule has 0 aromatic heterocycles. The number of hydrogen-bond donors (Lipinski definition) is 1. The molecule has 1 heterocycles. The van der Waals surface area contributed by atoms with Gasteiger partial charge < -0.3 is 4.74 Å². The first-order chi connectivity index (χ1) is 4.75. The molecule has 1 rings (SSSR count). The minimum absolute atomic E-state index is 0.257. The van der Waals surface area contributed by atoms with Crippen LogP contribution in [-0.4, -0.2) is 18.8 Å². The van der Waals surface area contributed by atoms with Crippen LogP contribution >= 0.6 is 24.4 Å². The Bertz CT molecular complexity index is 186. The standard InChI is InChI=1S/C6H8O2S2/c1-8-6(7)5-4(9)2-3-10-5/h9H,2-3H2,1H3. The second-order valence-corrected chi connectivity index (χ2v) is 3.51. The van der Waals surface area contributed by atoms with Gasteiger partial charge in [-0.25, -0.2) is 4.79 Å². The molecule has 0 fully saturated rings. The summed E-state index contributed by atoms with van der Waals surface area (Å²) in [6.45, 7) is 0. The van der Waals surface area contributed by atoms with Gasteiger partial charge in [0.2, 0.25) is 0 Å².